The van der Waals surface area contributed by atoms with Gasteiger partial charge in [-0.25, -0.2) is 0 Å². The molecule has 1 N–H and O–H groups in total. The number of hydrogen-bond donors (Lipinski definition) is 1. The van der Waals surface area contributed by atoms with E-state index in [1.807, 2.05) is 11.0 Å². The van der Waals surface area contributed by atoms with Gasteiger partial charge in [-0.3, -0.25) is 14.4 Å². The number of fused-ring (bicyclic) bond motifs is 1. The molecule has 0 aliphatic carbocycles. The van der Waals surface area contributed by atoms with E-state index in [1.54, 1.807) is 16.4 Å². The highest BCUT2D eigenvalue weighted by molar-refractivity contribution is 9.10. The van der Waals surface area contributed by atoms with Crippen LogP contribution in [0.15, 0.2) is 33.5 Å². The third-order valence-electron chi connectivity index (χ3n) is 7.14. The number of nitrogens with zero attached hydrogens (tertiary/aromatic N) is 6. The molecule has 4 heterocycles. The summed E-state index contributed by atoms with van der Waals surface area (Å²) in [4.78, 5) is 46.9. The first-order valence-electron chi connectivity index (χ1n) is 12.9. The normalized spacial score (nSPS) is 16.2. The maximum absolute atomic E-state index is 13.7. The summed E-state index contributed by atoms with van der Waals surface area (Å²) in [5, 5.41) is 7.12. The highest BCUT2D eigenvalue weighted by atomic mass is 79.9. The van der Waals surface area contributed by atoms with Crippen LogP contribution in [-0.4, -0.2) is 75.3 Å². The van der Waals surface area contributed by atoms with Gasteiger partial charge >= 0.3 is 6.18 Å². The van der Waals surface area contributed by atoms with Crippen LogP contribution in [0.5, 0.6) is 0 Å². The van der Waals surface area contributed by atoms with Crippen LogP contribution < -0.4 is 15.8 Å². The Kier molecular flexibility index (Phi) is 7.92. The van der Waals surface area contributed by atoms with Crippen molar-refractivity contribution in [2.24, 2.45) is 0 Å². The summed E-state index contributed by atoms with van der Waals surface area (Å²) in [6.45, 7) is 5.49. The standard InChI is InChI=1S/C26H27BrF3N7O4/c1-15-22(35-9-7-34(8-10-35)16(2)38)24(40)37-25(32-23(33-37)17-5-11-41-12-6-17)36(15)14-21(39)31-20-4-3-18(13-19(20)27)26(28,29)30/h3-5,13H,6-12,14H2,1-2H3,(H,31,39). The Morgan fingerprint density at radius 1 is 1.17 bits per heavy atom. The summed E-state index contributed by atoms with van der Waals surface area (Å²) in [5.41, 5.74) is 0.531. The largest absolute Gasteiger partial charge is 0.416 e. The number of piperazine rings is 1. The van der Waals surface area contributed by atoms with Gasteiger partial charge in [-0.2, -0.15) is 22.7 Å². The Labute approximate surface area is 240 Å². The Hall–Kier alpha value is -3.72. The topological polar surface area (TPSA) is 114 Å². The van der Waals surface area contributed by atoms with Crippen molar-refractivity contribution >= 4 is 50.5 Å². The zero-order valence-corrected chi connectivity index (χ0v) is 23.9. The Morgan fingerprint density at radius 3 is 2.51 bits per heavy atom. The van der Waals surface area contributed by atoms with E-state index in [0.717, 1.165) is 17.7 Å². The SMILES string of the molecule is CC(=O)N1CCN(c2c(C)n(CC(=O)Nc3ccc(C(F)(F)F)cc3Br)c3nc(C4=CCOCC4)nn3c2=O)CC1. The molecule has 11 nitrogen and oxygen atoms in total. The molecule has 0 bridgehead atoms. The number of anilines is 2. The molecular weight excluding hydrogens is 611 g/mol. The monoisotopic (exact) mass is 637 g/mol. The lowest BCUT2D eigenvalue weighted by Crippen LogP contribution is -2.50. The lowest BCUT2D eigenvalue weighted by molar-refractivity contribution is -0.137. The molecule has 1 fully saturated rings. The molecule has 0 saturated carbocycles. The number of alkyl halides is 3. The quantitative estimate of drug-likeness (QED) is 0.457. The van der Waals surface area contributed by atoms with Crippen LogP contribution in [0.1, 0.15) is 30.4 Å². The molecule has 2 amide bonds. The number of rotatable bonds is 5. The average Bonchev–Trinajstić information content (AvgIpc) is 3.38. The third kappa shape index (κ3) is 5.86. The number of benzene rings is 1. The van der Waals surface area contributed by atoms with Crippen molar-refractivity contribution in [3.05, 3.63) is 56.2 Å². The number of halogens is 4. The van der Waals surface area contributed by atoms with Crippen molar-refractivity contribution in [2.45, 2.75) is 33.0 Å². The highest BCUT2D eigenvalue weighted by Crippen LogP contribution is 2.34. The Morgan fingerprint density at radius 2 is 1.90 bits per heavy atom. The van der Waals surface area contributed by atoms with Gasteiger partial charge in [0.25, 0.3) is 5.56 Å². The number of carbonyl (C=O) groups excluding carboxylic acids is 2. The predicted molar refractivity (Wildman–Crippen MR) is 148 cm³/mol. The van der Waals surface area contributed by atoms with E-state index in [-0.39, 0.29) is 28.4 Å². The van der Waals surface area contributed by atoms with Gasteiger partial charge in [0.05, 0.1) is 24.5 Å². The molecule has 2 aliphatic rings. The van der Waals surface area contributed by atoms with Crippen molar-refractivity contribution < 1.29 is 27.5 Å². The molecule has 1 aromatic carbocycles. The van der Waals surface area contributed by atoms with E-state index in [2.05, 4.69) is 31.3 Å². The summed E-state index contributed by atoms with van der Waals surface area (Å²) in [7, 11) is 0. The van der Waals surface area contributed by atoms with Gasteiger partial charge < -0.3 is 24.4 Å². The smallest absolute Gasteiger partial charge is 0.377 e. The lowest BCUT2D eigenvalue weighted by atomic mass is 10.1. The first-order valence-corrected chi connectivity index (χ1v) is 13.7. The predicted octanol–water partition coefficient (Wildman–Crippen LogP) is 3.09. The van der Waals surface area contributed by atoms with Crippen LogP contribution in [-0.2, 0) is 27.0 Å². The van der Waals surface area contributed by atoms with Crippen LogP contribution in [0.3, 0.4) is 0 Å². The second-order valence-electron chi connectivity index (χ2n) is 9.76. The number of carbonyl (C=O) groups is 2. The van der Waals surface area contributed by atoms with Crippen LogP contribution in [0.25, 0.3) is 11.4 Å². The van der Waals surface area contributed by atoms with Crippen LogP contribution in [0.2, 0.25) is 0 Å². The summed E-state index contributed by atoms with van der Waals surface area (Å²) >= 11 is 3.10. The molecule has 1 saturated heterocycles. The van der Waals surface area contributed by atoms with Crippen molar-refractivity contribution in [3.8, 4) is 0 Å². The van der Waals surface area contributed by atoms with Crippen molar-refractivity contribution in [3.63, 3.8) is 0 Å². The minimum absolute atomic E-state index is 0.0500. The van der Waals surface area contributed by atoms with Gasteiger partial charge in [-0.1, -0.05) is 6.08 Å². The van der Waals surface area contributed by atoms with E-state index < -0.39 is 23.2 Å². The average molecular weight is 638 g/mol. The second kappa shape index (κ2) is 11.3. The van der Waals surface area contributed by atoms with Gasteiger partial charge in [0, 0.05) is 43.3 Å². The summed E-state index contributed by atoms with van der Waals surface area (Å²) < 4.78 is 47.4. The number of hydrogen-bond acceptors (Lipinski definition) is 7. The van der Waals surface area contributed by atoms with Crippen LogP contribution in [0.4, 0.5) is 24.5 Å². The van der Waals surface area contributed by atoms with Crippen LogP contribution >= 0.6 is 15.9 Å². The van der Waals surface area contributed by atoms with Gasteiger partial charge in [-0.05, 0) is 53.0 Å². The molecule has 0 atom stereocenters. The first-order chi connectivity index (χ1) is 19.4. The molecule has 15 heteroatoms. The number of ether oxygens (including phenoxy) is 1. The number of amides is 2. The van der Waals surface area contributed by atoms with Gasteiger partial charge in [0.2, 0.25) is 17.6 Å². The summed E-state index contributed by atoms with van der Waals surface area (Å²) in [6.07, 6.45) is -2.12. The van der Waals surface area contributed by atoms with Gasteiger partial charge in [0.15, 0.2) is 5.82 Å². The fourth-order valence-corrected chi connectivity index (χ4v) is 5.42. The van der Waals surface area contributed by atoms with Crippen LogP contribution in [0, 0.1) is 6.92 Å². The molecule has 3 aromatic rings. The number of aromatic nitrogens is 4. The minimum atomic E-state index is -4.53. The van der Waals surface area contributed by atoms with E-state index in [9.17, 15) is 27.6 Å². The van der Waals surface area contributed by atoms with Gasteiger partial charge in [-0.15, -0.1) is 5.10 Å². The minimum Gasteiger partial charge on any atom is -0.377 e. The molecule has 0 unspecified atom stereocenters. The summed E-state index contributed by atoms with van der Waals surface area (Å²) in [5.74, 6) is -0.0853. The van der Waals surface area contributed by atoms with E-state index in [0.29, 0.717) is 63.0 Å². The molecule has 41 heavy (non-hydrogen) atoms. The molecule has 5 rings (SSSR count). The fraction of sp³-hybridized carbons (Fsp3) is 0.423. The first kappa shape index (κ1) is 28.8. The molecule has 2 aromatic heterocycles. The van der Waals surface area contributed by atoms with Gasteiger partial charge in [0.1, 0.15) is 12.2 Å². The maximum atomic E-state index is 13.7. The Balaban J connectivity index is 1.52. The van der Waals surface area contributed by atoms with Crippen molar-refractivity contribution in [1.29, 1.82) is 0 Å². The molecular formula is C26H27BrF3N7O4. The summed E-state index contributed by atoms with van der Waals surface area (Å²) in [6, 6.07) is 2.95. The molecule has 2 aliphatic heterocycles. The molecule has 0 radical (unpaired) electrons. The number of nitrogens with one attached hydrogen (secondary N) is 1. The fourth-order valence-electron chi connectivity index (χ4n) is 4.94. The van der Waals surface area contributed by atoms with Crippen molar-refractivity contribution in [2.75, 3.05) is 49.6 Å². The van der Waals surface area contributed by atoms with E-state index in [4.69, 9.17) is 4.74 Å². The zero-order chi connectivity index (χ0) is 29.5. The van der Waals surface area contributed by atoms with E-state index in [1.165, 1.54) is 17.5 Å². The second-order valence-corrected chi connectivity index (χ2v) is 10.6. The Bertz CT molecular complexity index is 1610. The highest BCUT2D eigenvalue weighted by Gasteiger charge is 2.31. The maximum Gasteiger partial charge on any atom is 0.416 e. The zero-order valence-electron chi connectivity index (χ0n) is 22.3. The molecule has 218 valence electrons. The van der Waals surface area contributed by atoms with Crippen molar-refractivity contribution in [1.82, 2.24) is 24.1 Å². The third-order valence-corrected chi connectivity index (χ3v) is 7.79. The lowest BCUT2D eigenvalue weighted by Gasteiger charge is -2.36. The van der Waals surface area contributed by atoms with E-state index >= 15 is 0 Å². The molecule has 0 spiro atoms.